The lowest BCUT2D eigenvalue weighted by atomic mass is 9.97. The standard InChI is InChI=1S/C31H32ClN3O2.C28H31ClN4O/c1-19-12-20(2)14-23(13-19)27-18-35-29-17-28(32)25(21-6-5-7-22(15-21)31(33)36)16-26(29)30(27)37-11-9-24-8-3-4-10-34-24;1-18-10-19(2)12-20(11-18)25-16-31-27-14-26(29)23(21-15-32-33(3)17-21)13-24(27)28(25)34-9-7-22-6-4-5-8-30-22/h5-7,12-18,24,34H,3-4,8-11H2,1-2H3,(H2,33,36);10-17,22,30H,4-9H2,1-3H3/t24-;22-/m10/s1. The van der Waals surface area contributed by atoms with Gasteiger partial charge >= 0.3 is 0 Å². The Balaban J connectivity index is 0.000000176. The summed E-state index contributed by atoms with van der Waals surface area (Å²) < 4.78 is 14.9. The lowest BCUT2D eigenvalue weighted by Gasteiger charge is -2.24. The average Bonchev–Trinajstić information content (AvgIpc) is 3.79. The zero-order valence-electron chi connectivity index (χ0n) is 41.4. The van der Waals surface area contributed by atoms with E-state index in [1.807, 2.05) is 62.2 Å². The van der Waals surface area contributed by atoms with E-state index in [0.29, 0.717) is 40.9 Å². The number of rotatable bonds is 13. The van der Waals surface area contributed by atoms with Crippen LogP contribution in [-0.2, 0) is 7.05 Å². The van der Waals surface area contributed by atoms with Gasteiger partial charge in [0.2, 0.25) is 5.91 Å². The summed E-state index contributed by atoms with van der Waals surface area (Å²) in [7, 11) is 1.91. The monoisotopic (exact) mass is 987 g/mol. The van der Waals surface area contributed by atoms with E-state index in [1.54, 1.807) is 16.8 Å². The lowest BCUT2D eigenvalue weighted by molar-refractivity contribution is 0.1000. The number of amides is 1. The van der Waals surface area contributed by atoms with Gasteiger partial charge < -0.3 is 25.8 Å². The molecule has 10 nitrogen and oxygen atoms in total. The van der Waals surface area contributed by atoms with Crippen LogP contribution in [0.4, 0.5) is 0 Å². The van der Waals surface area contributed by atoms with Crippen molar-refractivity contribution >= 4 is 50.9 Å². The van der Waals surface area contributed by atoms with Crippen LogP contribution in [0.15, 0.2) is 110 Å². The molecule has 2 saturated heterocycles. The van der Waals surface area contributed by atoms with Crippen molar-refractivity contribution in [2.75, 3.05) is 26.3 Å². The second kappa shape index (κ2) is 22.4. The summed E-state index contributed by atoms with van der Waals surface area (Å²) in [5.41, 5.74) is 20.1. The molecule has 3 aromatic heterocycles. The summed E-state index contributed by atoms with van der Waals surface area (Å²) in [5.74, 6) is 1.19. The molecule has 0 unspecified atom stereocenters. The van der Waals surface area contributed by atoms with Crippen molar-refractivity contribution in [3.8, 4) is 56.0 Å². The number of hydrogen-bond acceptors (Lipinski definition) is 8. The molecule has 0 bridgehead atoms. The van der Waals surface area contributed by atoms with E-state index in [1.165, 1.54) is 60.8 Å². The van der Waals surface area contributed by atoms with Gasteiger partial charge in [0, 0.05) is 81.9 Å². The SMILES string of the molecule is Cc1cc(C)cc(-c2cnc3cc(Cl)c(-c4cccc(C(N)=O)c4)cc3c2OCC[C@H]2CCCCN2)c1.Cc1cc(C)cc(-c2cnc3cc(Cl)c(-c4cnn(C)c4)cc3c2OCC[C@@H]2CCCCN2)c1. The van der Waals surface area contributed by atoms with Crippen LogP contribution in [0.2, 0.25) is 10.0 Å². The number of halogens is 2. The Morgan fingerprint density at radius 2 is 1.11 bits per heavy atom. The van der Waals surface area contributed by atoms with E-state index in [4.69, 9.17) is 48.4 Å². The number of piperidine rings is 2. The summed E-state index contributed by atoms with van der Waals surface area (Å²) >= 11 is 13.4. The largest absolute Gasteiger partial charge is 0.492 e. The Labute approximate surface area is 427 Å². The third-order valence-electron chi connectivity index (χ3n) is 13.6. The Bertz CT molecular complexity index is 3170. The maximum Gasteiger partial charge on any atom is 0.248 e. The molecule has 2 aliphatic rings. The fraction of sp³-hybridized carbons (Fsp3) is 0.322. The number of nitrogens with one attached hydrogen (secondary N) is 2. The minimum atomic E-state index is -0.474. The van der Waals surface area contributed by atoms with E-state index in [-0.39, 0.29) is 0 Å². The minimum Gasteiger partial charge on any atom is -0.492 e. The van der Waals surface area contributed by atoms with Crippen LogP contribution in [0.3, 0.4) is 0 Å². The maximum absolute atomic E-state index is 11.8. The molecule has 5 heterocycles. The molecule has 1 amide bonds. The summed E-state index contributed by atoms with van der Waals surface area (Å²) in [6.45, 7) is 11.9. The maximum atomic E-state index is 11.8. The molecule has 5 aromatic carbocycles. The highest BCUT2D eigenvalue weighted by atomic mass is 35.5. The number of nitrogens with two attached hydrogens (primary N) is 1. The van der Waals surface area contributed by atoms with Crippen LogP contribution in [-0.4, -0.2) is 64.0 Å². The highest BCUT2D eigenvalue weighted by molar-refractivity contribution is 6.34. The molecule has 12 heteroatoms. The van der Waals surface area contributed by atoms with E-state index in [9.17, 15) is 4.79 Å². The van der Waals surface area contributed by atoms with Crippen molar-refractivity contribution in [1.82, 2.24) is 30.4 Å². The molecule has 366 valence electrons. The Morgan fingerprint density at radius 3 is 1.55 bits per heavy atom. The van der Waals surface area contributed by atoms with Gasteiger partial charge in [-0.25, -0.2) is 0 Å². The second-order valence-electron chi connectivity index (χ2n) is 19.4. The van der Waals surface area contributed by atoms with Crippen molar-refractivity contribution in [2.24, 2.45) is 12.8 Å². The van der Waals surface area contributed by atoms with Crippen LogP contribution in [0, 0.1) is 27.7 Å². The third-order valence-corrected chi connectivity index (χ3v) is 14.2. The highest BCUT2D eigenvalue weighted by Crippen LogP contribution is 2.43. The first-order chi connectivity index (χ1) is 34.4. The average molecular weight is 989 g/mol. The number of nitrogens with zero attached hydrogens (tertiary/aromatic N) is 4. The number of aromatic nitrogens is 4. The summed E-state index contributed by atoms with van der Waals surface area (Å²) in [5, 5.41) is 14.6. The molecule has 8 aromatic rings. The number of hydrogen-bond donors (Lipinski definition) is 3. The molecule has 71 heavy (non-hydrogen) atoms. The van der Waals surface area contributed by atoms with Gasteiger partial charge in [0.05, 0.1) is 40.5 Å². The first-order valence-corrected chi connectivity index (χ1v) is 25.7. The van der Waals surface area contributed by atoms with Crippen LogP contribution in [0.5, 0.6) is 11.5 Å². The van der Waals surface area contributed by atoms with Crippen LogP contribution in [0.1, 0.15) is 84.0 Å². The predicted molar refractivity (Wildman–Crippen MR) is 291 cm³/mol. The fourth-order valence-corrected chi connectivity index (χ4v) is 10.7. The highest BCUT2D eigenvalue weighted by Gasteiger charge is 2.21. The van der Waals surface area contributed by atoms with Gasteiger partial charge in [0.1, 0.15) is 11.5 Å². The number of benzene rings is 5. The number of carbonyl (C=O) groups is 1. The predicted octanol–water partition coefficient (Wildman–Crippen LogP) is 13.3. The van der Waals surface area contributed by atoms with Gasteiger partial charge in [0.25, 0.3) is 0 Å². The van der Waals surface area contributed by atoms with Crippen molar-refractivity contribution in [3.63, 3.8) is 0 Å². The minimum absolute atomic E-state index is 0.437. The summed E-state index contributed by atoms with van der Waals surface area (Å²) in [4.78, 5) is 21.3. The first kappa shape index (κ1) is 49.7. The number of carbonyl (C=O) groups excluding carboxylic acids is 1. The van der Waals surface area contributed by atoms with Gasteiger partial charge in [-0.1, -0.05) is 107 Å². The number of fused-ring (bicyclic) bond motifs is 2. The molecule has 2 aliphatic heterocycles. The fourth-order valence-electron chi connectivity index (χ4n) is 10.2. The normalized spacial score (nSPS) is 15.9. The third kappa shape index (κ3) is 11.9. The molecule has 0 radical (unpaired) electrons. The van der Waals surface area contributed by atoms with Gasteiger partial charge in [-0.05, 0) is 132 Å². The molecular weight excluding hydrogens is 926 g/mol. The number of aryl methyl sites for hydroxylation is 5. The lowest BCUT2D eigenvalue weighted by Crippen LogP contribution is -2.35. The summed E-state index contributed by atoms with van der Waals surface area (Å²) in [6.07, 6.45) is 17.0. The van der Waals surface area contributed by atoms with Crippen LogP contribution < -0.4 is 25.8 Å². The molecule has 2 atom stereocenters. The quantitative estimate of drug-likeness (QED) is 0.104. The molecule has 4 N–H and O–H groups in total. The van der Waals surface area contributed by atoms with Crippen molar-refractivity contribution in [3.05, 3.63) is 148 Å². The van der Waals surface area contributed by atoms with E-state index < -0.39 is 5.91 Å². The zero-order chi connectivity index (χ0) is 49.6. The van der Waals surface area contributed by atoms with E-state index in [0.717, 1.165) is 104 Å². The Kier molecular flexibility index (Phi) is 15.7. The van der Waals surface area contributed by atoms with Gasteiger partial charge in [-0.3, -0.25) is 19.4 Å². The molecule has 10 rings (SSSR count). The van der Waals surface area contributed by atoms with Crippen LogP contribution in [0.25, 0.3) is 66.3 Å². The second-order valence-corrected chi connectivity index (χ2v) is 20.2. The zero-order valence-corrected chi connectivity index (χ0v) is 42.9. The van der Waals surface area contributed by atoms with Crippen molar-refractivity contribution in [2.45, 2.75) is 91.1 Å². The molecule has 2 fully saturated rings. The molecule has 0 spiro atoms. The topological polar surface area (TPSA) is 129 Å². The summed E-state index contributed by atoms with van der Waals surface area (Å²) in [6, 6.07) is 29.2. The molecule has 0 aliphatic carbocycles. The Hall–Kier alpha value is -6.30. The number of primary amides is 1. The van der Waals surface area contributed by atoms with Crippen LogP contribution >= 0.6 is 23.2 Å². The van der Waals surface area contributed by atoms with Crippen molar-refractivity contribution < 1.29 is 14.3 Å². The smallest absolute Gasteiger partial charge is 0.248 e. The molecular formula is C59H63Cl2N7O3. The van der Waals surface area contributed by atoms with E-state index in [2.05, 4.69) is 85.9 Å². The van der Waals surface area contributed by atoms with E-state index >= 15 is 0 Å². The Morgan fingerprint density at radius 1 is 0.620 bits per heavy atom. The van der Waals surface area contributed by atoms with Gasteiger partial charge in [0.15, 0.2) is 0 Å². The molecule has 0 saturated carbocycles. The van der Waals surface area contributed by atoms with Gasteiger partial charge in [-0.15, -0.1) is 0 Å². The first-order valence-electron chi connectivity index (χ1n) is 24.9. The van der Waals surface area contributed by atoms with Crippen molar-refractivity contribution in [1.29, 1.82) is 0 Å². The number of ether oxygens (including phenoxy) is 2. The van der Waals surface area contributed by atoms with Gasteiger partial charge in [-0.2, -0.15) is 5.10 Å². The number of pyridine rings is 2.